The third kappa shape index (κ3) is 3.70. The van der Waals surface area contributed by atoms with E-state index in [0.717, 1.165) is 41.7 Å². The highest BCUT2D eigenvalue weighted by Crippen LogP contribution is 2.27. The number of hydrogen-bond donors (Lipinski definition) is 1. The normalized spacial score (nSPS) is 16.1. The second-order valence-electron chi connectivity index (χ2n) is 7.69. The van der Waals surface area contributed by atoms with Crippen LogP contribution in [0.3, 0.4) is 0 Å². The number of carbonyl (C=O) groups is 1. The molecule has 5 rings (SSSR count). The van der Waals surface area contributed by atoms with Crippen molar-refractivity contribution in [2.24, 2.45) is 0 Å². The van der Waals surface area contributed by atoms with Crippen LogP contribution in [0.25, 0.3) is 22.1 Å². The molecule has 0 radical (unpaired) electrons. The first kappa shape index (κ1) is 19.4. The second-order valence-corrected chi connectivity index (χ2v) is 7.69. The number of rotatable bonds is 5. The molecule has 0 aliphatic carbocycles. The van der Waals surface area contributed by atoms with E-state index in [-0.39, 0.29) is 12.0 Å². The SMILES string of the molecule is COc1cccc(NC(=O)c2ccc3nnc4nc(C)n(CC5CCCO5)c4c3c2)c1. The number of hydrogen-bond acceptors (Lipinski definition) is 6. The van der Waals surface area contributed by atoms with E-state index in [1.54, 1.807) is 19.2 Å². The van der Waals surface area contributed by atoms with Crippen LogP contribution in [0.15, 0.2) is 42.5 Å². The zero-order valence-corrected chi connectivity index (χ0v) is 17.5. The quantitative estimate of drug-likeness (QED) is 0.532. The molecule has 0 bridgehead atoms. The van der Waals surface area contributed by atoms with Crippen LogP contribution in [0.5, 0.6) is 5.75 Å². The van der Waals surface area contributed by atoms with Crippen LogP contribution in [0.4, 0.5) is 5.69 Å². The monoisotopic (exact) mass is 417 g/mol. The van der Waals surface area contributed by atoms with E-state index in [9.17, 15) is 4.79 Å². The number of nitrogens with zero attached hydrogens (tertiary/aromatic N) is 4. The van der Waals surface area contributed by atoms with Crippen LogP contribution in [-0.4, -0.2) is 45.5 Å². The van der Waals surface area contributed by atoms with E-state index in [1.165, 1.54) is 0 Å². The van der Waals surface area contributed by atoms with Crippen molar-refractivity contribution in [1.82, 2.24) is 19.7 Å². The zero-order chi connectivity index (χ0) is 21.4. The van der Waals surface area contributed by atoms with Crippen LogP contribution in [0, 0.1) is 6.92 Å². The van der Waals surface area contributed by atoms with Gasteiger partial charge in [-0.3, -0.25) is 4.79 Å². The van der Waals surface area contributed by atoms with Gasteiger partial charge in [0.25, 0.3) is 5.91 Å². The summed E-state index contributed by atoms with van der Waals surface area (Å²) in [5, 5.41) is 12.4. The highest BCUT2D eigenvalue weighted by molar-refractivity contribution is 6.09. The van der Waals surface area contributed by atoms with Crippen LogP contribution in [0.2, 0.25) is 0 Å². The van der Waals surface area contributed by atoms with Crippen molar-refractivity contribution in [3.05, 3.63) is 53.9 Å². The fourth-order valence-electron chi connectivity index (χ4n) is 4.06. The van der Waals surface area contributed by atoms with Gasteiger partial charge in [-0.05, 0) is 50.1 Å². The lowest BCUT2D eigenvalue weighted by Crippen LogP contribution is -2.16. The maximum atomic E-state index is 12.9. The Labute approximate surface area is 179 Å². The van der Waals surface area contributed by atoms with E-state index in [2.05, 4.69) is 25.1 Å². The Bertz CT molecular complexity index is 1280. The number of methoxy groups -OCH3 is 1. The molecule has 2 aromatic carbocycles. The molecule has 1 atom stereocenters. The minimum atomic E-state index is -0.206. The summed E-state index contributed by atoms with van der Waals surface area (Å²) in [4.78, 5) is 17.5. The summed E-state index contributed by atoms with van der Waals surface area (Å²) in [5.41, 5.74) is 3.38. The molecule has 1 aliphatic heterocycles. The summed E-state index contributed by atoms with van der Waals surface area (Å²) < 4.78 is 13.2. The summed E-state index contributed by atoms with van der Waals surface area (Å²) in [6.07, 6.45) is 2.27. The van der Waals surface area contributed by atoms with Gasteiger partial charge in [-0.25, -0.2) is 4.98 Å². The number of carbonyl (C=O) groups excluding carboxylic acids is 1. The van der Waals surface area contributed by atoms with Gasteiger partial charge in [-0.15, -0.1) is 10.2 Å². The van der Waals surface area contributed by atoms with Gasteiger partial charge in [0.1, 0.15) is 11.6 Å². The topological polar surface area (TPSA) is 91.2 Å². The summed E-state index contributed by atoms with van der Waals surface area (Å²) in [6.45, 7) is 3.47. The molecule has 4 aromatic rings. The summed E-state index contributed by atoms with van der Waals surface area (Å²) in [5.74, 6) is 1.34. The average molecular weight is 417 g/mol. The average Bonchev–Trinajstić information content (AvgIpc) is 3.41. The summed E-state index contributed by atoms with van der Waals surface area (Å²) in [6, 6.07) is 12.7. The maximum absolute atomic E-state index is 12.9. The minimum Gasteiger partial charge on any atom is -0.497 e. The number of ether oxygens (including phenoxy) is 2. The fraction of sp³-hybridized carbons (Fsp3) is 0.304. The molecule has 8 nitrogen and oxygen atoms in total. The molecular formula is C23H23N5O3. The predicted octanol–water partition coefficient (Wildman–Crippen LogP) is 3.73. The molecule has 1 N–H and O–H groups in total. The lowest BCUT2D eigenvalue weighted by atomic mass is 10.1. The van der Waals surface area contributed by atoms with Crippen LogP contribution >= 0.6 is 0 Å². The standard InChI is InChI=1S/C23H23N5O3/c1-14-24-22-21(28(14)13-18-7-4-10-31-18)19-11-15(8-9-20(19)26-27-22)23(29)25-16-5-3-6-17(12-16)30-2/h3,5-6,8-9,11-12,18H,4,7,10,13H2,1-2H3,(H,25,29). The van der Waals surface area contributed by atoms with Crippen molar-refractivity contribution < 1.29 is 14.3 Å². The first-order valence-corrected chi connectivity index (χ1v) is 10.3. The lowest BCUT2D eigenvalue weighted by Gasteiger charge is -2.13. The number of benzene rings is 2. The van der Waals surface area contributed by atoms with Gasteiger partial charge < -0.3 is 19.4 Å². The maximum Gasteiger partial charge on any atom is 0.255 e. The second kappa shape index (κ2) is 7.96. The molecule has 0 saturated carbocycles. The van der Waals surface area contributed by atoms with Crippen molar-refractivity contribution in [1.29, 1.82) is 0 Å². The van der Waals surface area contributed by atoms with Gasteiger partial charge in [-0.2, -0.15) is 0 Å². The van der Waals surface area contributed by atoms with Gasteiger partial charge in [0.2, 0.25) is 5.65 Å². The molecule has 1 fully saturated rings. The van der Waals surface area contributed by atoms with Gasteiger partial charge in [0.05, 0.1) is 30.8 Å². The molecular weight excluding hydrogens is 394 g/mol. The molecule has 1 unspecified atom stereocenters. The Balaban J connectivity index is 1.54. The number of amides is 1. The van der Waals surface area contributed by atoms with Crippen molar-refractivity contribution in [3.63, 3.8) is 0 Å². The molecule has 31 heavy (non-hydrogen) atoms. The van der Waals surface area contributed by atoms with Crippen LogP contribution in [0.1, 0.15) is 29.0 Å². The van der Waals surface area contributed by atoms with Crippen molar-refractivity contribution in [3.8, 4) is 5.75 Å². The molecule has 8 heteroatoms. The molecule has 1 saturated heterocycles. The lowest BCUT2D eigenvalue weighted by molar-refractivity contribution is 0.0974. The van der Waals surface area contributed by atoms with E-state index in [4.69, 9.17) is 9.47 Å². The molecule has 2 aromatic heterocycles. The Morgan fingerprint density at radius 2 is 2.16 bits per heavy atom. The number of anilines is 1. The van der Waals surface area contributed by atoms with E-state index >= 15 is 0 Å². The fourth-order valence-corrected chi connectivity index (χ4v) is 4.06. The Kier molecular flexibility index (Phi) is 4.99. The van der Waals surface area contributed by atoms with Crippen molar-refractivity contribution in [2.75, 3.05) is 19.0 Å². The largest absolute Gasteiger partial charge is 0.497 e. The molecule has 3 heterocycles. The smallest absolute Gasteiger partial charge is 0.255 e. The minimum absolute atomic E-state index is 0.166. The molecule has 0 spiro atoms. The van der Waals surface area contributed by atoms with Gasteiger partial charge in [0.15, 0.2) is 0 Å². The van der Waals surface area contributed by atoms with E-state index in [1.807, 2.05) is 37.3 Å². The van der Waals surface area contributed by atoms with E-state index < -0.39 is 0 Å². The molecule has 1 aliphatic rings. The highest BCUT2D eigenvalue weighted by Gasteiger charge is 2.21. The van der Waals surface area contributed by atoms with Gasteiger partial charge >= 0.3 is 0 Å². The number of aromatic nitrogens is 4. The first-order chi connectivity index (χ1) is 15.1. The third-order valence-electron chi connectivity index (χ3n) is 5.64. The van der Waals surface area contributed by atoms with Crippen LogP contribution in [-0.2, 0) is 11.3 Å². The van der Waals surface area contributed by atoms with Crippen molar-refractivity contribution >= 4 is 33.7 Å². The number of aryl methyl sites for hydroxylation is 1. The van der Waals surface area contributed by atoms with E-state index in [0.29, 0.717) is 29.2 Å². The Morgan fingerprint density at radius 1 is 1.26 bits per heavy atom. The number of nitrogens with one attached hydrogen (secondary N) is 1. The predicted molar refractivity (Wildman–Crippen MR) is 117 cm³/mol. The number of imidazole rings is 1. The first-order valence-electron chi connectivity index (χ1n) is 10.3. The zero-order valence-electron chi connectivity index (χ0n) is 17.5. The third-order valence-corrected chi connectivity index (χ3v) is 5.64. The Morgan fingerprint density at radius 3 is 2.97 bits per heavy atom. The molecule has 158 valence electrons. The van der Waals surface area contributed by atoms with Crippen LogP contribution < -0.4 is 10.1 Å². The van der Waals surface area contributed by atoms with Crippen molar-refractivity contribution in [2.45, 2.75) is 32.4 Å². The van der Waals surface area contributed by atoms with Gasteiger partial charge in [-0.1, -0.05) is 6.07 Å². The number of fused-ring (bicyclic) bond motifs is 3. The highest BCUT2D eigenvalue weighted by atomic mass is 16.5. The van der Waals surface area contributed by atoms with Gasteiger partial charge in [0, 0.05) is 29.3 Å². The Hall–Kier alpha value is -3.52. The summed E-state index contributed by atoms with van der Waals surface area (Å²) >= 11 is 0. The summed E-state index contributed by atoms with van der Waals surface area (Å²) in [7, 11) is 1.60. The molecule has 1 amide bonds.